The van der Waals surface area contributed by atoms with Gasteiger partial charge in [0.25, 0.3) is 15.9 Å². The summed E-state index contributed by atoms with van der Waals surface area (Å²) in [5.41, 5.74) is 0.516. The lowest BCUT2D eigenvalue weighted by atomic mass is 10.2. The Kier molecular flexibility index (Phi) is 6.68. The van der Waals surface area contributed by atoms with E-state index in [-0.39, 0.29) is 22.1 Å². The van der Waals surface area contributed by atoms with Crippen molar-refractivity contribution < 1.29 is 22.7 Å². The topological polar surface area (TPSA) is 93.7 Å². The molecule has 2 aromatic rings. The first-order valence-corrected chi connectivity index (χ1v) is 9.88. The molecule has 27 heavy (non-hydrogen) atoms. The van der Waals surface area contributed by atoms with Gasteiger partial charge >= 0.3 is 0 Å². The van der Waals surface area contributed by atoms with Crippen LogP contribution in [-0.2, 0) is 10.0 Å². The molecule has 0 saturated heterocycles. The van der Waals surface area contributed by atoms with Crippen molar-refractivity contribution in [1.29, 1.82) is 0 Å². The molecule has 0 aromatic heterocycles. The molecule has 0 spiro atoms. The van der Waals surface area contributed by atoms with Crippen LogP contribution in [0.25, 0.3) is 0 Å². The van der Waals surface area contributed by atoms with E-state index in [0.29, 0.717) is 24.0 Å². The van der Waals surface area contributed by atoms with Gasteiger partial charge in [-0.1, -0.05) is 19.9 Å². The number of methoxy groups -OCH3 is 2. The summed E-state index contributed by atoms with van der Waals surface area (Å²) in [6, 6.07) is 10.7. The van der Waals surface area contributed by atoms with Crippen molar-refractivity contribution in [2.24, 2.45) is 5.92 Å². The number of benzene rings is 2. The largest absolute Gasteiger partial charge is 0.497 e. The Morgan fingerprint density at radius 1 is 1.07 bits per heavy atom. The van der Waals surface area contributed by atoms with Crippen LogP contribution in [0.1, 0.15) is 24.2 Å². The van der Waals surface area contributed by atoms with Crippen LogP contribution < -0.4 is 19.5 Å². The Hall–Kier alpha value is -2.74. The first-order chi connectivity index (χ1) is 12.8. The number of carbonyl (C=O) groups excluding carboxylic acids is 1. The number of amides is 1. The maximum absolute atomic E-state index is 12.8. The van der Waals surface area contributed by atoms with Crippen LogP contribution >= 0.6 is 0 Å². The molecule has 0 fully saturated rings. The number of carbonyl (C=O) groups is 1. The number of hydrogen-bond acceptors (Lipinski definition) is 5. The number of hydrogen-bond donors (Lipinski definition) is 2. The third-order valence-electron chi connectivity index (χ3n) is 3.73. The number of sulfonamides is 1. The summed E-state index contributed by atoms with van der Waals surface area (Å²) >= 11 is 0. The van der Waals surface area contributed by atoms with Gasteiger partial charge in [0.15, 0.2) is 0 Å². The van der Waals surface area contributed by atoms with Crippen molar-refractivity contribution in [3.63, 3.8) is 0 Å². The average molecular weight is 392 g/mol. The molecule has 2 rings (SSSR count). The van der Waals surface area contributed by atoms with Gasteiger partial charge in [0.2, 0.25) is 0 Å². The number of ether oxygens (including phenoxy) is 2. The monoisotopic (exact) mass is 392 g/mol. The van der Waals surface area contributed by atoms with Crippen molar-refractivity contribution in [2.75, 3.05) is 25.5 Å². The Balaban J connectivity index is 2.30. The summed E-state index contributed by atoms with van der Waals surface area (Å²) in [4.78, 5) is 12.2. The molecule has 1 amide bonds. The second kappa shape index (κ2) is 8.77. The molecule has 0 unspecified atom stereocenters. The fourth-order valence-corrected chi connectivity index (χ4v) is 3.41. The zero-order chi connectivity index (χ0) is 20.0. The Labute approximate surface area is 159 Å². The summed E-state index contributed by atoms with van der Waals surface area (Å²) in [5.74, 6) is 0.809. The van der Waals surface area contributed by atoms with Gasteiger partial charge in [-0.2, -0.15) is 0 Å². The molecule has 0 heterocycles. The van der Waals surface area contributed by atoms with E-state index in [9.17, 15) is 13.2 Å². The highest BCUT2D eigenvalue weighted by molar-refractivity contribution is 7.92. The van der Waals surface area contributed by atoms with Crippen LogP contribution in [-0.4, -0.2) is 35.1 Å². The lowest BCUT2D eigenvalue weighted by molar-refractivity contribution is 0.0949. The van der Waals surface area contributed by atoms with Crippen molar-refractivity contribution in [3.05, 3.63) is 48.0 Å². The van der Waals surface area contributed by atoms with Crippen LogP contribution in [0.4, 0.5) is 5.69 Å². The Morgan fingerprint density at radius 3 is 2.44 bits per heavy atom. The molecule has 0 saturated carbocycles. The van der Waals surface area contributed by atoms with E-state index in [4.69, 9.17) is 9.47 Å². The molecule has 0 radical (unpaired) electrons. The minimum absolute atomic E-state index is 0.0235. The summed E-state index contributed by atoms with van der Waals surface area (Å²) in [5, 5.41) is 2.77. The Bertz CT molecular complexity index is 910. The number of nitrogens with one attached hydrogen (secondary N) is 2. The minimum Gasteiger partial charge on any atom is -0.497 e. The van der Waals surface area contributed by atoms with Gasteiger partial charge in [0, 0.05) is 18.2 Å². The van der Waals surface area contributed by atoms with Gasteiger partial charge in [-0.05, 0) is 36.2 Å². The molecule has 0 atom stereocenters. The third kappa shape index (κ3) is 5.37. The number of anilines is 1. The lowest BCUT2D eigenvalue weighted by Gasteiger charge is -2.14. The van der Waals surface area contributed by atoms with Gasteiger partial charge in [-0.3, -0.25) is 9.52 Å². The predicted molar refractivity (Wildman–Crippen MR) is 104 cm³/mol. The van der Waals surface area contributed by atoms with E-state index >= 15 is 0 Å². The Morgan fingerprint density at radius 2 is 1.81 bits per heavy atom. The molecular weight excluding hydrogens is 368 g/mol. The quantitative estimate of drug-likeness (QED) is 0.720. The van der Waals surface area contributed by atoms with Gasteiger partial charge in [-0.15, -0.1) is 0 Å². The van der Waals surface area contributed by atoms with E-state index in [1.807, 2.05) is 13.8 Å². The zero-order valence-corrected chi connectivity index (χ0v) is 16.6. The van der Waals surface area contributed by atoms with E-state index in [0.717, 1.165) is 0 Å². The molecule has 8 heteroatoms. The second-order valence-electron chi connectivity index (χ2n) is 6.30. The molecule has 146 valence electrons. The van der Waals surface area contributed by atoms with Crippen LogP contribution in [0.5, 0.6) is 11.5 Å². The third-order valence-corrected chi connectivity index (χ3v) is 5.09. The van der Waals surface area contributed by atoms with Crippen molar-refractivity contribution in [2.45, 2.75) is 18.7 Å². The smallest absolute Gasteiger partial charge is 0.262 e. The van der Waals surface area contributed by atoms with Crippen molar-refractivity contribution >= 4 is 21.6 Å². The highest BCUT2D eigenvalue weighted by Crippen LogP contribution is 2.31. The van der Waals surface area contributed by atoms with Crippen molar-refractivity contribution in [3.8, 4) is 11.5 Å². The molecule has 0 aliphatic rings. The summed E-state index contributed by atoms with van der Waals surface area (Å²) in [6.07, 6.45) is 0. The molecule has 2 N–H and O–H groups in total. The minimum atomic E-state index is -3.92. The second-order valence-corrected chi connectivity index (χ2v) is 7.99. The van der Waals surface area contributed by atoms with E-state index < -0.39 is 10.0 Å². The van der Waals surface area contributed by atoms with Gasteiger partial charge in [0.05, 0.1) is 24.8 Å². The molecule has 0 bridgehead atoms. The maximum atomic E-state index is 12.8. The summed E-state index contributed by atoms with van der Waals surface area (Å²) in [6.45, 7) is 4.47. The van der Waals surface area contributed by atoms with Crippen LogP contribution in [0, 0.1) is 5.92 Å². The van der Waals surface area contributed by atoms with E-state index in [1.165, 1.54) is 38.5 Å². The van der Waals surface area contributed by atoms with Gasteiger partial charge < -0.3 is 14.8 Å². The van der Waals surface area contributed by atoms with E-state index in [1.54, 1.807) is 18.2 Å². The molecule has 0 aliphatic heterocycles. The van der Waals surface area contributed by atoms with Crippen LogP contribution in [0.2, 0.25) is 0 Å². The lowest BCUT2D eigenvalue weighted by Crippen LogP contribution is -2.27. The molecule has 2 aromatic carbocycles. The predicted octanol–water partition coefficient (Wildman–Crippen LogP) is 2.89. The highest BCUT2D eigenvalue weighted by Gasteiger charge is 2.19. The van der Waals surface area contributed by atoms with E-state index in [2.05, 4.69) is 10.0 Å². The summed E-state index contributed by atoms with van der Waals surface area (Å²) < 4.78 is 38.3. The SMILES string of the molecule is COc1ccc(OC)c(NS(=O)(=O)c2cccc(C(=O)NCC(C)C)c2)c1. The first-order valence-electron chi connectivity index (χ1n) is 8.40. The van der Waals surface area contributed by atoms with Gasteiger partial charge in [0.1, 0.15) is 11.5 Å². The van der Waals surface area contributed by atoms with Crippen molar-refractivity contribution in [1.82, 2.24) is 5.32 Å². The maximum Gasteiger partial charge on any atom is 0.262 e. The van der Waals surface area contributed by atoms with Crippen LogP contribution in [0.15, 0.2) is 47.4 Å². The van der Waals surface area contributed by atoms with Crippen LogP contribution in [0.3, 0.4) is 0 Å². The average Bonchev–Trinajstić information content (AvgIpc) is 2.65. The normalized spacial score (nSPS) is 11.1. The molecule has 7 nitrogen and oxygen atoms in total. The molecular formula is C19H24N2O5S. The number of rotatable bonds is 8. The zero-order valence-electron chi connectivity index (χ0n) is 15.8. The first kappa shape index (κ1) is 20.6. The fourth-order valence-electron chi connectivity index (χ4n) is 2.30. The van der Waals surface area contributed by atoms with Gasteiger partial charge in [-0.25, -0.2) is 8.42 Å². The standard InChI is InChI=1S/C19H24N2O5S/c1-13(2)12-20-19(22)14-6-5-7-16(10-14)27(23,24)21-17-11-15(25-3)8-9-18(17)26-4/h5-11,13,21H,12H2,1-4H3,(H,20,22). The summed E-state index contributed by atoms with van der Waals surface area (Å²) in [7, 11) is -0.995. The highest BCUT2D eigenvalue weighted by atomic mass is 32.2. The molecule has 0 aliphatic carbocycles. The fraction of sp³-hybridized carbons (Fsp3) is 0.316.